The normalized spacial score (nSPS) is 8.42. The molecule has 0 heterocycles. The highest BCUT2D eigenvalue weighted by Gasteiger charge is 1.82. The molecular formula is C10H19NO. The van der Waals surface area contributed by atoms with Crippen molar-refractivity contribution in [2.45, 2.75) is 27.7 Å². The number of nitrogens with zero attached hydrogens (tertiary/aromatic N) is 1. The predicted molar refractivity (Wildman–Crippen MR) is 53.7 cm³/mol. The van der Waals surface area contributed by atoms with E-state index in [1.54, 1.807) is 13.2 Å². The summed E-state index contributed by atoms with van der Waals surface area (Å²) in [5, 5.41) is 0. The van der Waals surface area contributed by atoms with Gasteiger partial charge in [-0.1, -0.05) is 17.7 Å². The summed E-state index contributed by atoms with van der Waals surface area (Å²) < 4.78 is 0. The van der Waals surface area contributed by atoms with E-state index in [9.17, 15) is 4.79 Å². The molecule has 0 atom stereocenters. The minimum Gasteiger partial charge on any atom is -0.325 e. The molecule has 2 heteroatoms. The quantitative estimate of drug-likeness (QED) is 0.459. The van der Waals surface area contributed by atoms with Crippen molar-refractivity contribution < 1.29 is 4.79 Å². The van der Waals surface area contributed by atoms with Crippen LogP contribution in [0.5, 0.6) is 0 Å². The largest absolute Gasteiger partial charge is 0.325 e. The number of carbonyl (C=O) groups excluding carboxylic acids is 1. The van der Waals surface area contributed by atoms with E-state index in [-0.39, 0.29) is 0 Å². The molecule has 0 aromatic rings. The summed E-state index contributed by atoms with van der Waals surface area (Å²) in [7, 11) is 1.71. The Morgan fingerprint density at radius 2 is 1.58 bits per heavy atom. The lowest BCUT2D eigenvalue weighted by Gasteiger charge is -2.01. The van der Waals surface area contributed by atoms with Crippen molar-refractivity contribution in [3.05, 3.63) is 23.9 Å². The fraction of sp³-hybridized carbons (Fsp3) is 0.500. The maximum Gasteiger partial charge on any atom is 0.213 e. The fourth-order valence-electron chi connectivity index (χ4n) is 0.438. The Morgan fingerprint density at radius 3 is 1.67 bits per heavy atom. The number of rotatable bonds is 2. The van der Waals surface area contributed by atoms with Gasteiger partial charge < -0.3 is 4.90 Å². The Balaban J connectivity index is 0. The van der Waals surface area contributed by atoms with Gasteiger partial charge in [0.25, 0.3) is 0 Å². The molecule has 0 fully saturated rings. The molecule has 0 N–H and O–H groups in total. The van der Waals surface area contributed by atoms with Gasteiger partial charge in [0.15, 0.2) is 0 Å². The molecular weight excluding hydrogens is 150 g/mol. The molecule has 0 aromatic carbocycles. The van der Waals surface area contributed by atoms with Gasteiger partial charge in [0, 0.05) is 13.2 Å². The number of hydrogen-bond donors (Lipinski definition) is 0. The van der Waals surface area contributed by atoms with E-state index in [1.165, 1.54) is 4.90 Å². The standard InChI is InChI=1S/C6H11NO.C4H8/c1-6(2)4-7(3)5-8;1-3-4-2/h4-5H,1-3H3;3-4H,1-2H3/b;4-3-. The number of amides is 1. The molecule has 0 aromatic heterocycles. The lowest BCUT2D eigenvalue weighted by atomic mass is 10.4. The van der Waals surface area contributed by atoms with E-state index in [0.29, 0.717) is 0 Å². The fourth-order valence-corrected chi connectivity index (χ4v) is 0.438. The second-order valence-electron chi connectivity index (χ2n) is 2.64. The molecule has 0 saturated carbocycles. The van der Waals surface area contributed by atoms with Crippen LogP contribution in [-0.2, 0) is 4.79 Å². The minimum atomic E-state index is 0.771. The van der Waals surface area contributed by atoms with Gasteiger partial charge in [-0.3, -0.25) is 4.79 Å². The van der Waals surface area contributed by atoms with Crippen LogP contribution >= 0.6 is 0 Å². The monoisotopic (exact) mass is 169 g/mol. The highest BCUT2D eigenvalue weighted by atomic mass is 16.1. The molecule has 0 aliphatic rings. The Bertz CT molecular complexity index is 151. The summed E-state index contributed by atoms with van der Waals surface area (Å²) in [6.07, 6.45) is 6.54. The molecule has 2 nitrogen and oxygen atoms in total. The predicted octanol–water partition coefficient (Wildman–Crippen LogP) is 2.58. The van der Waals surface area contributed by atoms with Crippen LogP contribution in [0.2, 0.25) is 0 Å². The average Bonchev–Trinajstić information content (AvgIpc) is 2.04. The Labute approximate surface area is 75.6 Å². The molecule has 70 valence electrons. The van der Waals surface area contributed by atoms with E-state index in [4.69, 9.17) is 0 Å². The molecule has 0 bridgehead atoms. The Kier molecular flexibility index (Phi) is 11.2. The van der Waals surface area contributed by atoms with E-state index in [2.05, 4.69) is 0 Å². The van der Waals surface area contributed by atoms with Crippen LogP contribution in [0.1, 0.15) is 27.7 Å². The van der Waals surface area contributed by atoms with Gasteiger partial charge in [-0.05, 0) is 27.7 Å². The molecule has 1 amide bonds. The third kappa shape index (κ3) is 16.0. The van der Waals surface area contributed by atoms with Crippen LogP contribution in [0.25, 0.3) is 0 Å². The van der Waals surface area contributed by atoms with Gasteiger partial charge in [-0.25, -0.2) is 0 Å². The average molecular weight is 169 g/mol. The zero-order valence-electron chi connectivity index (χ0n) is 8.66. The molecule has 12 heavy (non-hydrogen) atoms. The van der Waals surface area contributed by atoms with Crippen molar-refractivity contribution in [2.75, 3.05) is 7.05 Å². The van der Waals surface area contributed by atoms with Crippen LogP contribution in [0, 0.1) is 0 Å². The SMILES string of the molecule is C/C=C\C.CC(C)=CN(C)C=O. The van der Waals surface area contributed by atoms with Gasteiger partial charge in [-0.2, -0.15) is 0 Å². The third-order valence-electron chi connectivity index (χ3n) is 0.961. The second-order valence-corrected chi connectivity index (χ2v) is 2.64. The zero-order chi connectivity index (χ0) is 9.98. The maximum atomic E-state index is 9.92. The van der Waals surface area contributed by atoms with Crippen molar-refractivity contribution in [1.82, 2.24) is 4.90 Å². The zero-order valence-corrected chi connectivity index (χ0v) is 8.66. The summed E-state index contributed by atoms with van der Waals surface area (Å²) in [6, 6.07) is 0. The first-order chi connectivity index (χ1) is 5.58. The van der Waals surface area contributed by atoms with E-state index < -0.39 is 0 Å². The molecule has 0 radical (unpaired) electrons. The Hall–Kier alpha value is -1.05. The van der Waals surface area contributed by atoms with Crippen molar-refractivity contribution in [3.63, 3.8) is 0 Å². The van der Waals surface area contributed by atoms with E-state index in [1.807, 2.05) is 39.8 Å². The van der Waals surface area contributed by atoms with Crippen LogP contribution in [0.15, 0.2) is 23.9 Å². The first-order valence-corrected chi connectivity index (χ1v) is 3.98. The van der Waals surface area contributed by atoms with Gasteiger partial charge in [0.2, 0.25) is 6.41 Å². The number of carbonyl (C=O) groups is 1. The summed E-state index contributed by atoms with van der Waals surface area (Å²) in [5.41, 5.74) is 1.12. The highest BCUT2D eigenvalue weighted by molar-refractivity contribution is 5.48. The number of allylic oxidation sites excluding steroid dienone is 3. The topological polar surface area (TPSA) is 20.3 Å². The van der Waals surface area contributed by atoms with Crippen LogP contribution in [0.3, 0.4) is 0 Å². The summed E-state index contributed by atoms with van der Waals surface area (Å²) in [6.45, 7) is 7.89. The highest BCUT2D eigenvalue weighted by Crippen LogP contribution is 1.88. The van der Waals surface area contributed by atoms with Gasteiger partial charge in [0.05, 0.1) is 0 Å². The van der Waals surface area contributed by atoms with Crippen molar-refractivity contribution in [3.8, 4) is 0 Å². The molecule has 0 unspecified atom stereocenters. The van der Waals surface area contributed by atoms with Crippen molar-refractivity contribution in [1.29, 1.82) is 0 Å². The summed E-state index contributed by atoms with van der Waals surface area (Å²) >= 11 is 0. The smallest absolute Gasteiger partial charge is 0.213 e. The lowest BCUT2D eigenvalue weighted by Crippen LogP contribution is -2.06. The van der Waals surface area contributed by atoms with Crippen LogP contribution < -0.4 is 0 Å². The summed E-state index contributed by atoms with van der Waals surface area (Å²) in [5.74, 6) is 0. The minimum absolute atomic E-state index is 0.771. The Morgan fingerprint density at radius 1 is 1.17 bits per heavy atom. The molecule has 0 saturated heterocycles. The molecule has 0 aliphatic carbocycles. The van der Waals surface area contributed by atoms with Gasteiger partial charge in [-0.15, -0.1) is 0 Å². The summed E-state index contributed by atoms with van der Waals surface area (Å²) in [4.78, 5) is 11.4. The molecule has 0 spiro atoms. The third-order valence-corrected chi connectivity index (χ3v) is 0.961. The van der Waals surface area contributed by atoms with Crippen LogP contribution in [-0.4, -0.2) is 18.4 Å². The van der Waals surface area contributed by atoms with Crippen molar-refractivity contribution >= 4 is 6.41 Å². The second kappa shape index (κ2) is 9.95. The van der Waals surface area contributed by atoms with Gasteiger partial charge in [0.1, 0.15) is 0 Å². The first kappa shape index (κ1) is 13.5. The van der Waals surface area contributed by atoms with E-state index in [0.717, 1.165) is 12.0 Å². The maximum absolute atomic E-state index is 9.92. The molecule has 0 rings (SSSR count). The van der Waals surface area contributed by atoms with Crippen molar-refractivity contribution in [2.24, 2.45) is 0 Å². The van der Waals surface area contributed by atoms with Gasteiger partial charge >= 0.3 is 0 Å². The molecule has 0 aliphatic heterocycles. The number of hydrogen-bond acceptors (Lipinski definition) is 1. The van der Waals surface area contributed by atoms with E-state index >= 15 is 0 Å². The van der Waals surface area contributed by atoms with Crippen LogP contribution in [0.4, 0.5) is 0 Å². The first-order valence-electron chi connectivity index (χ1n) is 3.98. The lowest BCUT2D eigenvalue weighted by molar-refractivity contribution is -0.115.